The highest BCUT2D eigenvalue weighted by molar-refractivity contribution is 5.93. The van der Waals surface area contributed by atoms with Gasteiger partial charge in [0.05, 0.1) is 38.2 Å². The van der Waals surface area contributed by atoms with E-state index in [-0.39, 0.29) is 12.1 Å². The van der Waals surface area contributed by atoms with Crippen molar-refractivity contribution in [3.05, 3.63) is 90.0 Å². The van der Waals surface area contributed by atoms with Crippen LogP contribution in [0, 0.1) is 0 Å². The Bertz CT molecular complexity index is 1380. The lowest BCUT2D eigenvalue weighted by molar-refractivity contribution is 0.0395. The second-order valence-electron chi connectivity index (χ2n) is 11.3. The maximum absolute atomic E-state index is 6.66. The molecule has 1 aliphatic carbocycles. The van der Waals surface area contributed by atoms with Crippen LogP contribution in [0.3, 0.4) is 0 Å². The molecule has 1 unspecified atom stereocenters. The lowest BCUT2D eigenvalue weighted by Crippen LogP contribution is -2.46. The minimum absolute atomic E-state index is 0.0165. The molecule has 0 saturated heterocycles. The van der Waals surface area contributed by atoms with Crippen LogP contribution in [-0.2, 0) is 22.6 Å². The first kappa shape index (κ1) is 27.1. The molecule has 3 aromatic carbocycles. The Hall–Kier alpha value is -3.12. The van der Waals surface area contributed by atoms with E-state index in [1.165, 1.54) is 65.4 Å². The molecule has 2 heterocycles. The van der Waals surface area contributed by atoms with Gasteiger partial charge in [-0.15, -0.1) is 0 Å². The van der Waals surface area contributed by atoms with Crippen LogP contribution in [0.5, 0.6) is 5.75 Å². The first-order valence-electron chi connectivity index (χ1n) is 15.1. The number of hydrogen-bond acceptors (Lipinski definition) is 4. The van der Waals surface area contributed by atoms with Gasteiger partial charge in [0, 0.05) is 29.6 Å². The summed E-state index contributed by atoms with van der Waals surface area (Å²) >= 11 is 0. The zero-order valence-corrected chi connectivity index (χ0v) is 23.7. The van der Waals surface area contributed by atoms with E-state index in [1.54, 1.807) is 0 Å². The molecule has 6 rings (SSSR count). The normalized spacial score (nSPS) is 19.4. The average Bonchev–Trinajstić information content (AvgIpc) is 3.31. The van der Waals surface area contributed by atoms with Crippen molar-refractivity contribution in [1.82, 2.24) is 9.88 Å². The first-order valence-corrected chi connectivity index (χ1v) is 15.1. The van der Waals surface area contributed by atoms with Gasteiger partial charge < -0.3 is 24.1 Å². The summed E-state index contributed by atoms with van der Waals surface area (Å²) < 4.78 is 20.9. The van der Waals surface area contributed by atoms with Gasteiger partial charge in [0.15, 0.2) is 0 Å². The van der Waals surface area contributed by atoms with Crippen LogP contribution in [0.15, 0.2) is 78.9 Å². The van der Waals surface area contributed by atoms with Gasteiger partial charge >= 0.3 is 0 Å². The Morgan fingerprint density at radius 2 is 1.57 bits per heavy atom. The third-order valence-electron chi connectivity index (χ3n) is 8.56. The second-order valence-corrected chi connectivity index (χ2v) is 11.3. The summed E-state index contributed by atoms with van der Waals surface area (Å²) in [5.74, 6) is 1.58. The van der Waals surface area contributed by atoms with Crippen molar-refractivity contribution >= 4 is 10.9 Å². The Morgan fingerprint density at radius 3 is 2.45 bits per heavy atom. The van der Waals surface area contributed by atoms with Crippen molar-refractivity contribution < 1.29 is 14.2 Å². The van der Waals surface area contributed by atoms with Gasteiger partial charge in [-0.05, 0) is 55.0 Å². The molecule has 1 saturated carbocycles. The molecule has 1 aromatic heterocycles. The Balaban J connectivity index is 1.17. The van der Waals surface area contributed by atoms with E-state index in [0.717, 1.165) is 18.8 Å². The van der Waals surface area contributed by atoms with Crippen molar-refractivity contribution in [2.75, 3.05) is 26.4 Å². The van der Waals surface area contributed by atoms with E-state index in [9.17, 15) is 0 Å². The van der Waals surface area contributed by atoms with E-state index >= 15 is 0 Å². The van der Waals surface area contributed by atoms with E-state index < -0.39 is 0 Å². The Labute approximate surface area is 238 Å². The summed E-state index contributed by atoms with van der Waals surface area (Å²) in [5, 5.41) is 5.18. The lowest BCUT2D eigenvalue weighted by atomic mass is 9.81. The SMILES string of the molecule is CC1Oc2ccccc2-c2c(C3CCCCC3)c3ccccc3n2C[C@H]1NCCOCCOCc1ccccc1. The van der Waals surface area contributed by atoms with Gasteiger partial charge in [0.25, 0.3) is 0 Å². The third-order valence-corrected chi connectivity index (χ3v) is 8.56. The van der Waals surface area contributed by atoms with Gasteiger partial charge in [0.2, 0.25) is 0 Å². The Kier molecular flexibility index (Phi) is 8.82. The molecule has 4 aromatic rings. The predicted molar refractivity (Wildman–Crippen MR) is 162 cm³/mol. The fourth-order valence-electron chi connectivity index (χ4n) is 6.54. The highest BCUT2D eigenvalue weighted by atomic mass is 16.5. The number of hydrogen-bond donors (Lipinski definition) is 1. The van der Waals surface area contributed by atoms with Crippen LogP contribution >= 0.6 is 0 Å². The molecule has 1 fully saturated rings. The lowest BCUT2D eigenvalue weighted by Gasteiger charge is -2.32. The predicted octanol–water partition coefficient (Wildman–Crippen LogP) is 7.33. The molecule has 5 nitrogen and oxygen atoms in total. The molecule has 40 heavy (non-hydrogen) atoms. The quantitative estimate of drug-likeness (QED) is 0.215. The zero-order chi connectivity index (χ0) is 27.1. The van der Waals surface area contributed by atoms with Crippen LogP contribution in [0.4, 0.5) is 0 Å². The highest BCUT2D eigenvalue weighted by Gasteiger charge is 2.32. The zero-order valence-electron chi connectivity index (χ0n) is 23.7. The molecular formula is C35H42N2O3. The molecule has 210 valence electrons. The van der Waals surface area contributed by atoms with Gasteiger partial charge in [-0.3, -0.25) is 0 Å². The van der Waals surface area contributed by atoms with Crippen molar-refractivity contribution in [2.45, 2.75) is 70.2 Å². The molecule has 2 aliphatic rings. The largest absolute Gasteiger partial charge is 0.488 e. The molecule has 1 aliphatic heterocycles. The summed E-state index contributed by atoms with van der Waals surface area (Å²) in [6.07, 6.45) is 6.56. The molecule has 0 amide bonds. The number of aromatic nitrogens is 1. The number of nitrogens with one attached hydrogen (secondary N) is 1. The van der Waals surface area contributed by atoms with Crippen LogP contribution in [0.1, 0.15) is 56.1 Å². The topological polar surface area (TPSA) is 44.7 Å². The number of benzene rings is 3. The monoisotopic (exact) mass is 538 g/mol. The van der Waals surface area contributed by atoms with E-state index in [2.05, 4.69) is 77.5 Å². The van der Waals surface area contributed by atoms with Crippen LogP contribution < -0.4 is 10.1 Å². The van der Waals surface area contributed by atoms with E-state index in [0.29, 0.717) is 32.3 Å². The summed E-state index contributed by atoms with van der Waals surface area (Å²) in [6, 6.07) is 28.1. The standard InChI is InChI=1S/C35H42N2O3/c1-26-31(36-20-21-38-22-23-39-25-27-12-4-2-5-13-27)24-37-32-18-10-8-16-29(32)34(28-14-6-3-7-15-28)35(37)30-17-9-11-19-33(30)40-26/h2,4-5,8-13,16-19,26,28,31,36H,3,6-7,14-15,20-25H2,1H3/t26?,31-/m1/s1. The van der Waals surface area contributed by atoms with E-state index in [1.807, 2.05) is 18.2 Å². The molecule has 0 bridgehead atoms. The van der Waals surface area contributed by atoms with Gasteiger partial charge in [-0.25, -0.2) is 0 Å². The molecule has 5 heteroatoms. The fourth-order valence-corrected chi connectivity index (χ4v) is 6.54. The van der Waals surface area contributed by atoms with Crippen LogP contribution in [0.25, 0.3) is 22.2 Å². The van der Waals surface area contributed by atoms with Crippen molar-refractivity contribution in [2.24, 2.45) is 0 Å². The summed E-state index contributed by atoms with van der Waals surface area (Å²) in [4.78, 5) is 0. The smallest absolute Gasteiger partial charge is 0.129 e. The van der Waals surface area contributed by atoms with Crippen molar-refractivity contribution in [3.8, 4) is 17.0 Å². The summed E-state index contributed by atoms with van der Waals surface area (Å²) in [7, 11) is 0. The molecular weight excluding hydrogens is 496 g/mol. The number of ether oxygens (including phenoxy) is 3. The van der Waals surface area contributed by atoms with Crippen LogP contribution in [-0.4, -0.2) is 43.1 Å². The maximum Gasteiger partial charge on any atom is 0.129 e. The average molecular weight is 539 g/mol. The van der Waals surface area contributed by atoms with Gasteiger partial charge in [0.1, 0.15) is 11.9 Å². The number of nitrogens with zero attached hydrogens (tertiary/aromatic N) is 1. The van der Waals surface area contributed by atoms with Crippen molar-refractivity contribution in [1.29, 1.82) is 0 Å². The first-order chi connectivity index (χ1) is 19.8. The molecule has 2 atom stereocenters. The minimum atomic E-state index is 0.0165. The van der Waals surface area contributed by atoms with Gasteiger partial charge in [-0.2, -0.15) is 0 Å². The van der Waals surface area contributed by atoms with Crippen LogP contribution in [0.2, 0.25) is 0 Å². The second kappa shape index (κ2) is 13.0. The number of rotatable bonds is 10. The summed E-state index contributed by atoms with van der Waals surface area (Å²) in [6.45, 7) is 6.26. The van der Waals surface area contributed by atoms with Gasteiger partial charge in [-0.1, -0.05) is 79.9 Å². The number of fused-ring (bicyclic) bond motifs is 5. The number of para-hydroxylation sites is 2. The minimum Gasteiger partial charge on any atom is -0.488 e. The van der Waals surface area contributed by atoms with Crippen molar-refractivity contribution in [3.63, 3.8) is 0 Å². The third kappa shape index (κ3) is 5.97. The molecule has 0 radical (unpaired) electrons. The maximum atomic E-state index is 6.66. The molecule has 0 spiro atoms. The molecule has 1 N–H and O–H groups in total. The van der Waals surface area contributed by atoms with E-state index in [4.69, 9.17) is 14.2 Å². The Morgan fingerprint density at radius 1 is 0.825 bits per heavy atom. The summed E-state index contributed by atoms with van der Waals surface area (Å²) in [5.41, 5.74) is 6.63. The highest BCUT2D eigenvalue weighted by Crippen LogP contribution is 2.47. The fraction of sp³-hybridized carbons (Fsp3) is 0.429.